The monoisotopic (exact) mass is 246 g/mol. The van der Waals surface area contributed by atoms with E-state index < -0.39 is 11.4 Å². The van der Waals surface area contributed by atoms with Gasteiger partial charge >= 0.3 is 0 Å². The van der Waals surface area contributed by atoms with E-state index in [0.717, 1.165) is 4.63 Å². The Kier molecular flexibility index (Phi) is 1.69. The molecule has 68 valence electrons. The van der Waals surface area contributed by atoms with Crippen LogP contribution in [0.3, 0.4) is 0 Å². The fourth-order valence-electron chi connectivity index (χ4n) is 1.02. The number of H-pyrrole nitrogens is 1. The topological polar surface area (TPSA) is 63.1 Å². The van der Waals surface area contributed by atoms with Gasteiger partial charge in [0, 0.05) is 0 Å². The molecule has 5 nitrogen and oxygen atoms in total. The van der Waals surface area contributed by atoms with Crippen molar-refractivity contribution in [2.24, 2.45) is 0 Å². The number of nitrogens with one attached hydrogen (secondary N) is 1. The van der Waals surface area contributed by atoms with Crippen LogP contribution in [0, 0.1) is 12.7 Å². The zero-order chi connectivity index (χ0) is 9.59. The maximum Gasteiger partial charge on any atom is 0.280 e. The Morgan fingerprint density at radius 1 is 1.54 bits per heavy atom. The van der Waals surface area contributed by atoms with E-state index in [0.29, 0.717) is 5.82 Å². The summed E-state index contributed by atoms with van der Waals surface area (Å²) >= 11 is 2.87. The summed E-state index contributed by atoms with van der Waals surface area (Å²) in [6.07, 6.45) is 0. The van der Waals surface area contributed by atoms with Gasteiger partial charge < -0.3 is 4.98 Å². The predicted octanol–water partition coefficient (Wildman–Crippen LogP) is 0.628. The first kappa shape index (κ1) is 8.36. The molecular weight excluding hydrogens is 243 g/mol. The van der Waals surface area contributed by atoms with Crippen molar-refractivity contribution < 1.29 is 4.39 Å². The molecule has 2 heterocycles. The van der Waals surface area contributed by atoms with Gasteiger partial charge in [0.15, 0.2) is 15.9 Å². The summed E-state index contributed by atoms with van der Waals surface area (Å²) in [6.45, 7) is 1.59. The van der Waals surface area contributed by atoms with Crippen molar-refractivity contribution in [3.8, 4) is 0 Å². The molecule has 0 amide bonds. The first-order valence-corrected chi connectivity index (χ1v) is 4.20. The summed E-state index contributed by atoms with van der Waals surface area (Å²) in [6, 6.07) is 0. The first-order valence-electron chi connectivity index (χ1n) is 3.40. The SMILES string of the molecule is Cc1nn2nc(Br)c(F)c2c(=O)[nH]1. The van der Waals surface area contributed by atoms with Crippen LogP contribution in [0.2, 0.25) is 0 Å². The van der Waals surface area contributed by atoms with E-state index in [-0.39, 0.29) is 10.1 Å². The van der Waals surface area contributed by atoms with Gasteiger partial charge in [0.2, 0.25) is 0 Å². The van der Waals surface area contributed by atoms with E-state index in [1.165, 1.54) is 0 Å². The third-order valence-corrected chi connectivity index (χ3v) is 2.03. The molecule has 0 aliphatic carbocycles. The number of nitrogens with zero attached hydrogens (tertiary/aromatic N) is 3. The summed E-state index contributed by atoms with van der Waals surface area (Å²) in [5.41, 5.74) is -0.722. The Morgan fingerprint density at radius 2 is 2.23 bits per heavy atom. The minimum absolute atomic E-state index is 0.0175. The molecule has 2 aromatic heterocycles. The van der Waals surface area contributed by atoms with Gasteiger partial charge in [0.05, 0.1) is 0 Å². The highest BCUT2D eigenvalue weighted by Gasteiger charge is 2.14. The summed E-state index contributed by atoms with van der Waals surface area (Å²) in [5, 5.41) is 7.46. The molecule has 0 aliphatic rings. The average Bonchev–Trinajstić information content (AvgIpc) is 2.27. The van der Waals surface area contributed by atoms with E-state index in [2.05, 4.69) is 31.1 Å². The third-order valence-electron chi connectivity index (χ3n) is 1.53. The standard InChI is InChI=1S/C6H4BrFN4O/c1-2-9-6(13)4-3(8)5(7)11-12(4)10-2/h1H3,(H,9,10,13). The van der Waals surface area contributed by atoms with Crippen LogP contribution in [-0.2, 0) is 0 Å². The van der Waals surface area contributed by atoms with Gasteiger partial charge in [-0.05, 0) is 22.9 Å². The summed E-state index contributed by atoms with van der Waals surface area (Å²) < 4.78 is 14.1. The first-order chi connectivity index (χ1) is 6.09. The fourth-order valence-corrected chi connectivity index (χ4v) is 1.35. The van der Waals surface area contributed by atoms with Gasteiger partial charge in [0.25, 0.3) is 5.56 Å². The second-order valence-electron chi connectivity index (χ2n) is 2.48. The van der Waals surface area contributed by atoms with E-state index in [4.69, 9.17) is 0 Å². The van der Waals surface area contributed by atoms with Crippen LogP contribution < -0.4 is 5.56 Å². The number of halogens is 2. The quantitative estimate of drug-likeness (QED) is 0.742. The van der Waals surface area contributed by atoms with Crippen LogP contribution in [-0.4, -0.2) is 19.8 Å². The molecule has 7 heteroatoms. The van der Waals surface area contributed by atoms with Gasteiger partial charge in [-0.15, -0.1) is 14.8 Å². The van der Waals surface area contributed by atoms with Crippen LogP contribution in [0.25, 0.3) is 5.52 Å². The normalized spacial score (nSPS) is 11.0. The van der Waals surface area contributed by atoms with E-state index in [9.17, 15) is 9.18 Å². The number of rotatable bonds is 0. The van der Waals surface area contributed by atoms with Crippen LogP contribution >= 0.6 is 15.9 Å². The van der Waals surface area contributed by atoms with Crippen LogP contribution in [0.4, 0.5) is 4.39 Å². The van der Waals surface area contributed by atoms with Crippen LogP contribution in [0.15, 0.2) is 9.40 Å². The van der Waals surface area contributed by atoms with Gasteiger partial charge in [-0.3, -0.25) is 4.79 Å². The summed E-state index contributed by atoms with van der Waals surface area (Å²) in [4.78, 5) is 13.6. The molecule has 0 aromatic carbocycles. The molecule has 0 fully saturated rings. The third kappa shape index (κ3) is 1.15. The molecule has 0 bridgehead atoms. The Bertz CT molecular complexity index is 531. The summed E-state index contributed by atoms with van der Waals surface area (Å²) in [7, 11) is 0. The smallest absolute Gasteiger partial charge is 0.280 e. The highest BCUT2D eigenvalue weighted by molar-refractivity contribution is 9.10. The molecular formula is C6H4BrFN4O. The molecule has 2 aromatic rings. The minimum Gasteiger partial charge on any atom is -0.307 e. The van der Waals surface area contributed by atoms with E-state index >= 15 is 0 Å². The summed E-state index contributed by atoms with van der Waals surface area (Å²) in [5.74, 6) is -0.318. The lowest BCUT2D eigenvalue weighted by molar-refractivity contribution is 0.630. The lowest BCUT2D eigenvalue weighted by atomic mass is 10.5. The van der Waals surface area contributed by atoms with Gasteiger partial charge in [-0.2, -0.15) is 0 Å². The molecule has 0 saturated heterocycles. The number of aryl methyl sites for hydroxylation is 1. The van der Waals surface area contributed by atoms with Crippen molar-refractivity contribution in [3.63, 3.8) is 0 Å². The van der Waals surface area contributed by atoms with Gasteiger partial charge in [-0.1, -0.05) is 0 Å². The van der Waals surface area contributed by atoms with Crippen LogP contribution in [0.5, 0.6) is 0 Å². The number of hydrogen-bond donors (Lipinski definition) is 1. The zero-order valence-corrected chi connectivity index (χ0v) is 8.09. The Morgan fingerprint density at radius 3 is 2.92 bits per heavy atom. The Labute approximate surface area is 79.7 Å². The fraction of sp³-hybridized carbons (Fsp3) is 0.167. The molecule has 0 unspecified atom stereocenters. The molecule has 0 aliphatic heterocycles. The Balaban J connectivity index is 3.03. The maximum atomic E-state index is 13.2. The van der Waals surface area contributed by atoms with Crippen LogP contribution in [0.1, 0.15) is 5.82 Å². The number of aromatic nitrogens is 4. The molecule has 0 radical (unpaired) electrons. The largest absolute Gasteiger partial charge is 0.307 e. The zero-order valence-electron chi connectivity index (χ0n) is 6.51. The lowest BCUT2D eigenvalue weighted by Crippen LogP contribution is -2.15. The molecule has 0 saturated carbocycles. The van der Waals surface area contributed by atoms with Crippen molar-refractivity contribution in [2.75, 3.05) is 0 Å². The lowest BCUT2D eigenvalue weighted by Gasteiger charge is -1.92. The Hall–Kier alpha value is -1.24. The second-order valence-corrected chi connectivity index (χ2v) is 3.23. The van der Waals surface area contributed by atoms with Gasteiger partial charge in [0.1, 0.15) is 5.82 Å². The highest BCUT2D eigenvalue weighted by atomic mass is 79.9. The molecule has 2 rings (SSSR count). The number of aromatic amines is 1. The van der Waals surface area contributed by atoms with Crippen molar-refractivity contribution >= 4 is 21.4 Å². The average molecular weight is 247 g/mol. The van der Waals surface area contributed by atoms with Crippen molar-refractivity contribution in [2.45, 2.75) is 6.92 Å². The van der Waals surface area contributed by atoms with E-state index in [1.54, 1.807) is 6.92 Å². The van der Waals surface area contributed by atoms with E-state index in [1.807, 2.05) is 0 Å². The highest BCUT2D eigenvalue weighted by Crippen LogP contribution is 2.14. The molecule has 0 spiro atoms. The molecule has 13 heavy (non-hydrogen) atoms. The number of fused-ring (bicyclic) bond motifs is 1. The minimum atomic E-state index is -0.700. The number of hydrogen-bond acceptors (Lipinski definition) is 3. The predicted molar refractivity (Wildman–Crippen MR) is 46.0 cm³/mol. The second kappa shape index (κ2) is 2.63. The molecule has 1 N–H and O–H groups in total. The van der Waals surface area contributed by atoms with Crippen molar-refractivity contribution in [3.05, 3.63) is 26.6 Å². The van der Waals surface area contributed by atoms with Gasteiger partial charge in [-0.25, -0.2) is 4.39 Å². The maximum absolute atomic E-state index is 13.2. The van der Waals surface area contributed by atoms with Crippen molar-refractivity contribution in [1.29, 1.82) is 0 Å². The van der Waals surface area contributed by atoms with Crippen molar-refractivity contribution in [1.82, 2.24) is 19.8 Å². The molecule has 0 atom stereocenters.